The Balaban J connectivity index is 1.47. The number of hydrogen-bond acceptors (Lipinski definition) is 6. The summed E-state index contributed by atoms with van der Waals surface area (Å²) < 4.78 is 11.2. The molecule has 0 saturated carbocycles. The van der Waals surface area contributed by atoms with Crippen molar-refractivity contribution in [2.75, 3.05) is 0 Å². The van der Waals surface area contributed by atoms with Crippen molar-refractivity contribution in [2.24, 2.45) is 0 Å². The molecule has 5 rings (SSSR count). The van der Waals surface area contributed by atoms with Gasteiger partial charge in [0.15, 0.2) is 5.82 Å². The Morgan fingerprint density at radius 2 is 1.73 bits per heavy atom. The molecule has 3 aromatic heterocycles. The first-order chi connectivity index (χ1) is 12.8. The molecule has 0 fully saturated rings. The van der Waals surface area contributed by atoms with E-state index in [9.17, 15) is 0 Å². The topological polar surface area (TPSA) is 93.6 Å². The third kappa shape index (κ3) is 2.60. The summed E-state index contributed by atoms with van der Waals surface area (Å²) in [6, 6.07) is 15.3. The third-order valence-electron chi connectivity index (χ3n) is 3.95. The molecule has 0 aliphatic rings. The van der Waals surface area contributed by atoms with E-state index < -0.39 is 0 Å². The molecule has 5 aromatic rings. The van der Waals surface area contributed by atoms with Crippen molar-refractivity contribution < 1.29 is 9.05 Å². The first-order valence-electron chi connectivity index (χ1n) is 7.77. The predicted molar refractivity (Wildman–Crippen MR) is 98.0 cm³/mol. The number of rotatable bonds is 3. The van der Waals surface area contributed by atoms with E-state index in [2.05, 4.69) is 41.2 Å². The maximum absolute atomic E-state index is 5.39. The zero-order valence-electron chi connectivity index (χ0n) is 13.2. The summed E-state index contributed by atoms with van der Waals surface area (Å²) in [5.74, 6) is 1.40. The molecule has 2 aromatic carbocycles. The highest BCUT2D eigenvalue weighted by atomic mass is 79.9. The van der Waals surface area contributed by atoms with Crippen molar-refractivity contribution in [3.05, 3.63) is 59.3 Å². The lowest BCUT2D eigenvalue weighted by molar-refractivity contribution is 0.422. The van der Waals surface area contributed by atoms with Gasteiger partial charge in [-0.2, -0.15) is 4.98 Å². The highest BCUT2D eigenvalue weighted by Crippen LogP contribution is 2.26. The lowest BCUT2D eigenvalue weighted by atomic mass is 10.1. The zero-order chi connectivity index (χ0) is 17.5. The van der Waals surface area contributed by atoms with Crippen LogP contribution in [0.25, 0.3) is 45.4 Å². The molecule has 3 heterocycles. The van der Waals surface area contributed by atoms with Gasteiger partial charge in [0.05, 0.1) is 11.0 Å². The Morgan fingerprint density at radius 3 is 2.54 bits per heavy atom. The van der Waals surface area contributed by atoms with E-state index in [0.717, 1.165) is 32.3 Å². The molecule has 0 unspecified atom stereocenters. The van der Waals surface area contributed by atoms with E-state index in [0.29, 0.717) is 17.5 Å². The molecule has 26 heavy (non-hydrogen) atoms. The lowest BCUT2D eigenvalue weighted by Crippen LogP contribution is -1.84. The maximum atomic E-state index is 5.39. The fourth-order valence-electron chi connectivity index (χ4n) is 2.67. The van der Waals surface area contributed by atoms with E-state index in [1.54, 1.807) is 12.3 Å². The largest absolute Gasteiger partial charge is 0.364 e. The van der Waals surface area contributed by atoms with Crippen molar-refractivity contribution in [3.8, 4) is 34.4 Å². The van der Waals surface area contributed by atoms with E-state index in [4.69, 9.17) is 9.05 Å². The highest BCUT2D eigenvalue weighted by Gasteiger charge is 2.14. The van der Waals surface area contributed by atoms with Crippen molar-refractivity contribution in [3.63, 3.8) is 0 Å². The number of H-pyrrole nitrogens is 1. The fraction of sp³-hybridized carbons (Fsp3) is 0. The van der Waals surface area contributed by atoms with Crippen LogP contribution in [0.4, 0.5) is 0 Å². The molecule has 0 aliphatic carbocycles. The Hall–Kier alpha value is -3.26. The monoisotopic (exact) mass is 407 g/mol. The molecule has 0 atom stereocenters. The van der Waals surface area contributed by atoms with E-state index in [1.807, 2.05) is 42.5 Å². The van der Waals surface area contributed by atoms with Gasteiger partial charge in [0, 0.05) is 21.7 Å². The van der Waals surface area contributed by atoms with Crippen molar-refractivity contribution in [2.45, 2.75) is 0 Å². The molecule has 0 saturated heterocycles. The lowest BCUT2D eigenvalue weighted by Gasteiger charge is -1.97. The molecule has 0 amide bonds. The van der Waals surface area contributed by atoms with Gasteiger partial charge in [-0.15, -0.1) is 0 Å². The summed E-state index contributed by atoms with van der Waals surface area (Å²) in [5.41, 5.74) is 4.28. The van der Waals surface area contributed by atoms with Crippen molar-refractivity contribution >= 4 is 27.0 Å². The molecule has 0 spiro atoms. The Kier molecular flexibility index (Phi) is 3.42. The average molecular weight is 408 g/mol. The van der Waals surface area contributed by atoms with Gasteiger partial charge in [0.1, 0.15) is 12.0 Å². The van der Waals surface area contributed by atoms with Crippen LogP contribution in [0.1, 0.15) is 0 Å². The van der Waals surface area contributed by atoms with Crippen LogP contribution in [-0.2, 0) is 0 Å². The van der Waals surface area contributed by atoms with Gasteiger partial charge in [-0.05, 0) is 30.3 Å². The van der Waals surface area contributed by atoms with Crippen LogP contribution >= 0.6 is 15.9 Å². The number of imidazole rings is 1. The van der Waals surface area contributed by atoms with Gasteiger partial charge in [-0.25, -0.2) is 4.98 Å². The van der Waals surface area contributed by atoms with Gasteiger partial charge >= 0.3 is 0 Å². The number of aromatic amines is 1. The molecular formula is C18H10BrN5O2. The minimum absolute atomic E-state index is 0.410. The first kappa shape index (κ1) is 15.0. The maximum Gasteiger partial charge on any atom is 0.258 e. The van der Waals surface area contributed by atoms with Crippen LogP contribution in [0, 0.1) is 0 Å². The SMILES string of the molecule is Brc1ccc2nc(-c3noc(-c4ccc(-c5ccon5)cc4)n3)[nH]c2c1. The summed E-state index contributed by atoms with van der Waals surface area (Å²) >= 11 is 3.44. The van der Waals surface area contributed by atoms with Crippen LogP contribution in [0.5, 0.6) is 0 Å². The summed E-state index contributed by atoms with van der Waals surface area (Å²) in [4.78, 5) is 12.1. The number of aromatic nitrogens is 5. The zero-order valence-corrected chi connectivity index (χ0v) is 14.8. The molecule has 7 nitrogen and oxygen atoms in total. The van der Waals surface area contributed by atoms with Crippen LogP contribution in [0.3, 0.4) is 0 Å². The summed E-state index contributed by atoms with van der Waals surface area (Å²) in [6.07, 6.45) is 1.54. The second kappa shape index (κ2) is 5.92. The van der Waals surface area contributed by atoms with Crippen LogP contribution in [0.2, 0.25) is 0 Å². The highest BCUT2D eigenvalue weighted by molar-refractivity contribution is 9.10. The number of hydrogen-bond donors (Lipinski definition) is 1. The molecule has 1 N–H and O–H groups in total. The number of fused-ring (bicyclic) bond motifs is 1. The summed E-state index contributed by atoms with van der Waals surface area (Å²) in [7, 11) is 0. The second-order valence-corrected chi connectivity index (χ2v) is 6.55. The Bertz CT molecular complexity index is 1190. The molecular weight excluding hydrogens is 398 g/mol. The molecule has 0 radical (unpaired) electrons. The molecule has 0 aliphatic heterocycles. The van der Waals surface area contributed by atoms with Gasteiger partial charge < -0.3 is 14.0 Å². The quantitative estimate of drug-likeness (QED) is 0.465. The molecule has 0 bridgehead atoms. The van der Waals surface area contributed by atoms with Gasteiger partial charge in [0.2, 0.25) is 5.82 Å². The normalized spacial score (nSPS) is 11.3. The predicted octanol–water partition coefficient (Wildman–Crippen LogP) is 4.70. The molecule has 126 valence electrons. The number of nitrogens with one attached hydrogen (secondary N) is 1. The average Bonchev–Trinajstić information content (AvgIpc) is 3.40. The van der Waals surface area contributed by atoms with E-state index in [-0.39, 0.29) is 0 Å². The Morgan fingerprint density at radius 1 is 0.885 bits per heavy atom. The second-order valence-electron chi connectivity index (χ2n) is 5.63. The summed E-state index contributed by atoms with van der Waals surface area (Å²) in [6.45, 7) is 0. The number of benzene rings is 2. The van der Waals surface area contributed by atoms with Gasteiger partial charge in [-0.3, -0.25) is 0 Å². The molecule has 8 heteroatoms. The smallest absolute Gasteiger partial charge is 0.258 e. The standard InChI is InChI=1S/C18H10BrN5O2/c19-12-5-6-14-15(9-12)21-16(20-14)17-22-18(26-24-17)11-3-1-10(2-4-11)13-7-8-25-23-13/h1-9H,(H,20,21). The van der Waals surface area contributed by atoms with Crippen LogP contribution in [-0.4, -0.2) is 25.3 Å². The van der Waals surface area contributed by atoms with E-state index >= 15 is 0 Å². The van der Waals surface area contributed by atoms with Crippen LogP contribution in [0.15, 0.2) is 68.3 Å². The van der Waals surface area contributed by atoms with Gasteiger partial charge in [-0.1, -0.05) is 38.4 Å². The fourth-order valence-corrected chi connectivity index (χ4v) is 3.03. The summed E-state index contributed by atoms with van der Waals surface area (Å²) in [5, 5.41) is 7.95. The first-order valence-corrected chi connectivity index (χ1v) is 8.56. The minimum Gasteiger partial charge on any atom is -0.364 e. The van der Waals surface area contributed by atoms with Crippen LogP contribution < -0.4 is 0 Å². The minimum atomic E-state index is 0.410. The van der Waals surface area contributed by atoms with Crippen molar-refractivity contribution in [1.29, 1.82) is 0 Å². The van der Waals surface area contributed by atoms with Crippen molar-refractivity contribution in [1.82, 2.24) is 25.3 Å². The number of halogens is 1. The Labute approximate surface area is 155 Å². The number of nitrogens with zero attached hydrogens (tertiary/aromatic N) is 4. The third-order valence-corrected chi connectivity index (χ3v) is 4.44. The van der Waals surface area contributed by atoms with Gasteiger partial charge in [0.25, 0.3) is 5.89 Å². The van der Waals surface area contributed by atoms with E-state index in [1.165, 1.54) is 0 Å².